The quantitative estimate of drug-likeness (QED) is 0.0260. The number of aliphatic hydroxyl groups excluding tert-OH is 3. The molecule has 0 spiro atoms. The van der Waals surface area contributed by atoms with Gasteiger partial charge < -0.3 is 34.3 Å². The Kier molecular flexibility index (Phi) is 34.2. The van der Waals surface area contributed by atoms with Crippen LogP contribution in [0.4, 0.5) is 0 Å². The molecule has 2 unspecified atom stereocenters. The monoisotopic (exact) mass is 851 g/mol. The summed E-state index contributed by atoms with van der Waals surface area (Å²) in [5, 5.41) is 30.8. The van der Waals surface area contributed by atoms with Crippen LogP contribution in [-0.4, -0.2) is 96.0 Å². The highest BCUT2D eigenvalue weighted by Gasteiger charge is 2.46. The van der Waals surface area contributed by atoms with Gasteiger partial charge in [-0.1, -0.05) is 194 Å². The average molecular weight is 851 g/mol. The van der Waals surface area contributed by atoms with Gasteiger partial charge in [0, 0.05) is 12.8 Å². The van der Waals surface area contributed by atoms with Crippen LogP contribution in [0.2, 0.25) is 0 Å². The predicted molar refractivity (Wildman–Crippen MR) is 229 cm³/mol. The zero-order chi connectivity index (χ0) is 42.7. The van der Waals surface area contributed by atoms with E-state index in [1.165, 1.54) is 141 Å². The van der Waals surface area contributed by atoms with Crippen LogP contribution in [0.3, 0.4) is 0 Å². The second-order valence-electron chi connectivity index (χ2n) is 16.8. The molecule has 6 atom stereocenters. The van der Waals surface area contributed by atoms with E-state index in [0.29, 0.717) is 12.8 Å². The van der Waals surface area contributed by atoms with Gasteiger partial charge in [-0.25, -0.2) is 0 Å². The van der Waals surface area contributed by atoms with Gasteiger partial charge in [-0.3, -0.25) is 14.1 Å². The SMILES string of the molecule is CCCCCCCCCCCCCCCCCCCCCCCCCC(=O)O[C@H](COC(=O)CCCCCCCCC)CO[C@H]1O[C@H](CS(=O)(=O)O)[C@@H](O)C(O)C1O. The Morgan fingerprint density at radius 3 is 1.26 bits per heavy atom. The largest absolute Gasteiger partial charge is 0.462 e. The number of hydrogen-bond acceptors (Lipinski definition) is 11. The molecule has 12 nitrogen and oxygen atoms in total. The second kappa shape index (κ2) is 36.3. The van der Waals surface area contributed by atoms with Crippen LogP contribution in [0.15, 0.2) is 0 Å². The van der Waals surface area contributed by atoms with Gasteiger partial charge in [0.05, 0.1) is 6.61 Å². The van der Waals surface area contributed by atoms with Crippen molar-refractivity contribution in [2.45, 2.75) is 256 Å². The molecule has 0 saturated carbocycles. The van der Waals surface area contributed by atoms with Gasteiger partial charge >= 0.3 is 11.9 Å². The van der Waals surface area contributed by atoms with Gasteiger partial charge in [-0.05, 0) is 12.8 Å². The molecule has 0 aliphatic carbocycles. The Morgan fingerprint density at radius 1 is 0.517 bits per heavy atom. The number of rotatable bonds is 40. The van der Waals surface area contributed by atoms with Crippen molar-refractivity contribution in [1.82, 2.24) is 0 Å². The van der Waals surface area contributed by atoms with E-state index < -0.39 is 71.2 Å². The minimum Gasteiger partial charge on any atom is -0.462 e. The highest BCUT2D eigenvalue weighted by atomic mass is 32.2. The molecule has 1 aliphatic rings. The van der Waals surface area contributed by atoms with Crippen molar-refractivity contribution >= 4 is 22.1 Å². The molecular formula is C45H86O12S. The Balaban J connectivity index is 2.28. The van der Waals surface area contributed by atoms with Crippen LogP contribution in [0, 0.1) is 0 Å². The normalized spacial score (nSPS) is 20.3. The number of ether oxygens (including phenoxy) is 4. The van der Waals surface area contributed by atoms with Gasteiger partial charge in [0.2, 0.25) is 0 Å². The van der Waals surface area contributed by atoms with Crippen molar-refractivity contribution in [3.8, 4) is 0 Å². The Morgan fingerprint density at radius 2 is 0.879 bits per heavy atom. The maximum atomic E-state index is 12.8. The van der Waals surface area contributed by atoms with Gasteiger partial charge in [0.1, 0.15) is 36.8 Å². The van der Waals surface area contributed by atoms with Crippen LogP contribution < -0.4 is 0 Å². The molecular weight excluding hydrogens is 765 g/mol. The van der Waals surface area contributed by atoms with Gasteiger partial charge in [0.15, 0.2) is 12.4 Å². The Labute approximate surface area is 353 Å². The molecule has 1 rings (SSSR count). The molecule has 58 heavy (non-hydrogen) atoms. The summed E-state index contributed by atoms with van der Waals surface area (Å²) < 4.78 is 53.9. The molecule has 0 amide bonds. The van der Waals surface area contributed by atoms with Crippen molar-refractivity contribution < 1.29 is 56.8 Å². The molecule has 1 heterocycles. The summed E-state index contributed by atoms with van der Waals surface area (Å²) in [7, 11) is -4.59. The summed E-state index contributed by atoms with van der Waals surface area (Å²) in [6.07, 6.45) is 27.6. The highest BCUT2D eigenvalue weighted by Crippen LogP contribution is 2.24. The van der Waals surface area contributed by atoms with Crippen LogP contribution in [-0.2, 0) is 38.7 Å². The number of carbonyl (C=O) groups excluding carboxylic acids is 2. The molecule has 13 heteroatoms. The molecule has 0 aromatic heterocycles. The van der Waals surface area contributed by atoms with Gasteiger partial charge in [-0.15, -0.1) is 0 Å². The topological polar surface area (TPSA) is 186 Å². The van der Waals surface area contributed by atoms with Crippen molar-refractivity contribution in [2.75, 3.05) is 19.0 Å². The summed E-state index contributed by atoms with van der Waals surface area (Å²) in [4.78, 5) is 25.2. The fourth-order valence-corrected chi connectivity index (χ4v) is 8.19. The minimum absolute atomic E-state index is 0.172. The second-order valence-corrected chi connectivity index (χ2v) is 18.3. The molecule has 1 saturated heterocycles. The predicted octanol–water partition coefficient (Wildman–Crippen LogP) is 9.68. The molecule has 1 fully saturated rings. The van der Waals surface area contributed by atoms with Crippen molar-refractivity contribution in [2.24, 2.45) is 0 Å². The average Bonchev–Trinajstić information content (AvgIpc) is 3.18. The molecule has 0 aromatic rings. The number of unbranched alkanes of at least 4 members (excludes halogenated alkanes) is 28. The third-order valence-electron chi connectivity index (χ3n) is 11.2. The summed E-state index contributed by atoms with van der Waals surface area (Å²) in [5.41, 5.74) is 0. The number of hydrogen-bond donors (Lipinski definition) is 4. The number of carbonyl (C=O) groups is 2. The van der Waals surface area contributed by atoms with E-state index in [1.807, 2.05) is 0 Å². The van der Waals surface area contributed by atoms with Crippen LogP contribution in [0.25, 0.3) is 0 Å². The zero-order valence-electron chi connectivity index (χ0n) is 36.7. The van der Waals surface area contributed by atoms with Crippen molar-refractivity contribution in [3.63, 3.8) is 0 Å². The molecule has 344 valence electrons. The van der Waals surface area contributed by atoms with E-state index in [2.05, 4.69) is 13.8 Å². The molecule has 4 N–H and O–H groups in total. The molecule has 0 aromatic carbocycles. The highest BCUT2D eigenvalue weighted by molar-refractivity contribution is 7.85. The first kappa shape index (κ1) is 54.7. The van der Waals surface area contributed by atoms with Crippen LogP contribution in [0.5, 0.6) is 0 Å². The fraction of sp³-hybridized carbons (Fsp3) is 0.956. The smallest absolute Gasteiger partial charge is 0.306 e. The Bertz CT molecular complexity index is 1090. The van der Waals surface area contributed by atoms with E-state index in [0.717, 1.165) is 38.5 Å². The Hall–Kier alpha value is -1.35. The van der Waals surface area contributed by atoms with Crippen LogP contribution >= 0.6 is 0 Å². The zero-order valence-corrected chi connectivity index (χ0v) is 37.5. The van der Waals surface area contributed by atoms with E-state index in [9.17, 15) is 37.9 Å². The summed E-state index contributed by atoms with van der Waals surface area (Å²) >= 11 is 0. The first-order valence-corrected chi connectivity index (χ1v) is 25.2. The summed E-state index contributed by atoms with van der Waals surface area (Å²) in [5.74, 6) is -1.97. The molecule has 1 aliphatic heterocycles. The summed E-state index contributed by atoms with van der Waals surface area (Å²) in [6, 6.07) is 0. The van der Waals surface area contributed by atoms with E-state index in [-0.39, 0.29) is 19.4 Å². The van der Waals surface area contributed by atoms with Crippen LogP contribution in [0.1, 0.15) is 219 Å². The maximum Gasteiger partial charge on any atom is 0.306 e. The van der Waals surface area contributed by atoms with Gasteiger partial charge in [0.25, 0.3) is 10.1 Å². The molecule has 0 bridgehead atoms. The lowest BCUT2D eigenvalue weighted by atomic mass is 10.00. The maximum absolute atomic E-state index is 12.8. The summed E-state index contributed by atoms with van der Waals surface area (Å²) in [6.45, 7) is 3.73. The first-order valence-electron chi connectivity index (χ1n) is 23.6. The van der Waals surface area contributed by atoms with Crippen molar-refractivity contribution in [3.05, 3.63) is 0 Å². The third-order valence-corrected chi connectivity index (χ3v) is 11.9. The fourth-order valence-electron chi connectivity index (χ4n) is 7.50. The number of esters is 2. The first-order chi connectivity index (χ1) is 28.0. The van der Waals surface area contributed by atoms with E-state index in [1.54, 1.807) is 0 Å². The lowest BCUT2D eigenvalue weighted by Gasteiger charge is -2.40. The molecule has 0 radical (unpaired) electrons. The van der Waals surface area contributed by atoms with Crippen molar-refractivity contribution in [1.29, 1.82) is 0 Å². The standard InChI is InChI=1S/C45H86O12S/c1-3-5-7-9-11-12-13-14-15-16-17-18-19-20-21-22-23-24-25-26-28-30-32-34-41(47)56-38(35-54-40(46)33-31-29-27-10-8-6-4-2)36-55-45-44(50)43(49)42(48)39(57-45)37-58(51,52)53/h38-39,42-45,48-50H,3-37H2,1-2H3,(H,51,52,53)/t38-,39-,42-,43?,44?,45+/m1/s1. The lowest BCUT2D eigenvalue weighted by molar-refractivity contribution is -0.297. The number of aliphatic hydroxyl groups is 3. The van der Waals surface area contributed by atoms with E-state index in [4.69, 9.17) is 18.9 Å². The lowest BCUT2D eigenvalue weighted by Crippen LogP contribution is -2.60. The third kappa shape index (κ3) is 30.6. The van der Waals surface area contributed by atoms with Gasteiger partial charge in [-0.2, -0.15) is 8.42 Å². The minimum atomic E-state index is -4.59. The van der Waals surface area contributed by atoms with E-state index >= 15 is 0 Å².